The molecule has 1 aromatic rings. The molecule has 0 aliphatic heterocycles. The lowest BCUT2D eigenvalue weighted by atomic mass is 9.99. The van der Waals surface area contributed by atoms with Gasteiger partial charge >= 0.3 is 11.9 Å². The lowest BCUT2D eigenvalue weighted by Crippen LogP contribution is -2.62. The number of guanidine groups is 1. The highest BCUT2D eigenvalue weighted by Crippen LogP contribution is 2.14. The van der Waals surface area contributed by atoms with Gasteiger partial charge in [-0.05, 0) is 127 Å². The van der Waals surface area contributed by atoms with Crippen LogP contribution in [0.2, 0.25) is 0 Å². The van der Waals surface area contributed by atoms with Gasteiger partial charge in [-0.2, -0.15) is 11.8 Å². The van der Waals surface area contributed by atoms with Crippen molar-refractivity contribution in [3.8, 4) is 0 Å². The van der Waals surface area contributed by atoms with E-state index in [1.54, 1.807) is 50.4 Å². The molecule has 0 heterocycles. The summed E-state index contributed by atoms with van der Waals surface area (Å²) in [6.07, 6.45) is -0.490. The van der Waals surface area contributed by atoms with E-state index >= 15 is 0 Å². The van der Waals surface area contributed by atoms with Gasteiger partial charge in [-0.3, -0.25) is 76.9 Å². The average Bonchev–Trinajstić information content (AvgIpc) is 0.888. The van der Waals surface area contributed by atoms with E-state index < -0.39 is 231 Å². The molecule has 14 amide bonds. The number of aliphatic hydroxyl groups excluding tert-OH is 3. The second-order valence-electron chi connectivity index (χ2n) is 26.9. The molecule has 0 fully saturated rings. The van der Waals surface area contributed by atoms with Crippen LogP contribution in [0.3, 0.4) is 0 Å². The number of primary amides is 1. The van der Waals surface area contributed by atoms with E-state index in [2.05, 4.69) is 74.1 Å². The van der Waals surface area contributed by atoms with E-state index in [4.69, 9.17) is 39.5 Å². The fourth-order valence-corrected chi connectivity index (χ4v) is 10.9. The van der Waals surface area contributed by atoms with Crippen LogP contribution in [0.15, 0.2) is 35.3 Å². The third-order valence-electron chi connectivity index (χ3n) is 16.7. The van der Waals surface area contributed by atoms with Crippen LogP contribution in [0.1, 0.15) is 137 Å². The first kappa shape index (κ1) is 98.1. The van der Waals surface area contributed by atoms with E-state index in [0.29, 0.717) is 31.4 Å². The van der Waals surface area contributed by atoms with Crippen LogP contribution in [0.25, 0.3) is 0 Å². The number of aliphatic carboxylic acids is 2. The SMILES string of the molecule is CSCC[C@H](NC(=O)[C@H](CCCCN)NC(=O)[C@H](CCCN=C(N)N)NC(=O)[C@H](Cc1ccccc1)NC(=O)CNC(=O)[C@H](CO)NC(=O)[C@H](CCC(N)=O)NC(=O)[C@H](CC(C)C)NC(=O)[C@@H](NC(=O)[C@H](C)NC(=O)[C@H](CO)NC(=O)[C@@H](NC(=O)[C@@H](N)CCCCN)[C@@H](C)O)C(C)C)C(=O)N[C@@H](CCC(=O)O)C(=O)O. The highest BCUT2D eigenvalue weighted by molar-refractivity contribution is 7.98. The third-order valence-corrected chi connectivity index (χ3v) is 17.3. The summed E-state index contributed by atoms with van der Waals surface area (Å²) in [6, 6.07) is -11.6. The normalized spacial score (nSPS) is 14.9. The molecule has 0 aliphatic carbocycles. The summed E-state index contributed by atoms with van der Waals surface area (Å²) in [5, 5.41) is 81.1. The molecule has 1 aromatic carbocycles. The second kappa shape index (κ2) is 53.1. The van der Waals surface area contributed by atoms with Crippen LogP contribution in [0.4, 0.5) is 0 Å². The molecule has 0 unspecified atom stereocenters. The fraction of sp³-hybridized carbons (Fsp3) is 0.662. The summed E-state index contributed by atoms with van der Waals surface area (Å²) in [5.41, 5.74) is 34.2. The maximum absolute atomic E-state index is 14.5. The Morgan fingerprint density at radius 1 is 0.464 bits per heavy atom. The molecule has 0 radical (unpaired) electrons. The number of amides is 14. The number of nitrogens with zero attached hydrogens (tertiary/aromatic N) is 1. The van der Waals surface area contributed by atoms with Crippen LogP contribution in [0.5, 0.6) is 0 Å². The Hall–Kier alpha value is -9.88. The molecule has 0 bridgehead atoms. The molecular weight excluding hydrogens is 1460 g/mol. The van der Waals surface area contributed by atoms with Gasteiger partial charge in [0.1, 0.15) is 72.5 Å². The number of nitrogens with two attached hydrogens (primary N) is 6. The summed E-state index contributed by atoms with van der Waals surface area (Å²) in [4.78, 5) is 219. The van der Waals surface area contributed by atoms with Crippen molar-refractivity contribution in [1.82, 2.24) is 69.1 Å². The number of aliphatic hydroxyl groups is 3. The van der Waals surface area contributed by atoms with Crippen LogP contribution in [-0.2, 0) is 83.1 Å². The number of nitrogens with one attached hydrogen (secondary N) is 13. The third kappa shape index (κ3) is 39.0. The predicted molar refractivity (Wildman–Crippen MR) is 402 cm³/mol. The molecule has 0 saturated carbocycles. The lowest BCUT2D eigenvalue weighted by Gasteiger charge is -2.29. The summed E-state index contributed by atoms with van der Waals surface area (Å²) in [5.74, 6) is -17.8. The molecule has 30 N–H and O–H groups in total. The highest BCUT2D eigenvalue weighted by Gasteiger charge is 2.38. The van der Waals surface area contributed by atoms with Crippen LogP contribution < -0.4 is 104 Å². The zero-order valence-electron chi connectivity index (χ0n) is 63.3. The summed E-state index contributed by atoms with van der Waals surface area (Å²) < 4.78 is 0. The first-order valence-electron chi connectivity index (χ1n) is 36.1. The Bertz CT molecular complexity index is 3230. The molecular formula is C68H116N20O21S. The van der Waals surface area contributed by atoms with Crippen molar-refractivity contribution in [3.63, 3.8) is 0 Å². The molecule has 110 heavy (non-hydrogen) atoms. The van der Waals surface area contributed by atoms with Gasteiger partial charge in [-0.25, -0.2) is 4.79 Å². The molecule has 620 valence electrons. The molecule has 0 spiro atoms. The number of carboxylic acids is 2. The minimum atomic E-state index is -1.87. The zero-order valence-corrected chi connectivity index (χ0v) is 64.1. The first-order chi connectivity index (χ1) is 51.8. The maximum Gasteiger partial charge on any atom is 0.326 e. The van der Waals surface area contributed by atoms with Crippen molar-refractivity contribution in [2.45, 2.75) is 223 Å². The van der Waals surface area contributed by atoms with Crippen molar-refractivity contribution < 1.29 is 102 Å². The van der Waals surface area contributed by atoms with Crippen molar-refractivity contribution in [3.05, 3.63) is 35.9 Å². The van der Waals surface area contributed by atoms with Crippen LogP contribution >= 0.6 is 11.8 Å². The first-order valence-corrected chi connectivity index (χ1v) is 37.5. The maximum atomic E-state index is 14.5. The number of benzene rings is 1. The van der Waals surface area contributed by atoms with E-state index in [-0.39, 0.29) is 82.1 Å². The Labute approximate surface area is 642 Å². The van der Waals surface area contributed by atoms with Crippen molar-refractivity contribution >= 4 is 112 Å². The van der Waals surface area contributed by atoms with Crippen LogP contribution in [-0.4, -0.2) is 262 Å². The highest BCUT2D eigenvalue weighted by atomic mass is 32.2. The average molecular weight is 1580 g/mol. The van der Waals surface area contributed by atoms with Gasteiger partial charge in [0, 0.05) is 25.8 Å². The summed E-state index contributed by atoms with van der Waals surface area (Å²) in [6.45, 7) is 6.29. The Morgan fingerprint density at radius 3 is 1.40 bits per heavy atom. The van der Waals surface area contributed by atoms with E-state index in [0.717, 1.165) is 0 Å². The fourth-order valence-electron chi connectivity index (χ4n) is 10.5. The molecule has 0 saturated heterocycles. The van der Waals surface area contributed by atoms with Gasteiger partial charge in [0.25, 0.3) is 0 Å². The van der Waals surface area contributed by atoms with Crippen molar-refractivity contribution in [2.24, 2.45) is 51.2 Å². The molecule has 42 heteroatoms. The van der Waals surface area contributed by atoms with Gasteiger partial charge in [0.15, 0.2) is 5.96 Å². The lowest BCUT2D eigenvalue weighted by molar-refractivity contribution is -0.143. The number of carboxylic acid groups (broad SMARTS) is 2. The predicted octanol–water partition coefficient (Wildman–Crippen LogP) is -8.14. The number of hydrogen-bond acceptors (Lipinski definition) is 24. The topological polar surface area (TPSA) is 699 Å². The van der Waals surface area contributed by atoms with Gasteiger partial charge in [-0.15, -0.1) is 0 Å². The number of thioether (sulfide) groups is 1. The van der Waals surface area contributed by atoms with E-state index in [1.165, 1.54) is 39.5 Å². The molecule has 0 aromatic heterocycles. The van der Waals surface area contributed by atoms with Gasteiger partial charge in [0.2, 0.25) is 82.7 Å². The Morgan fingerprint density at radius 2 is 0.909 bits per heavy atom. The standard InChI is InChI=1S/C68H116N20O21S/c1-35(2)30-46(84-65(106)53(36(3)4)87-55(96)37(5)77-64(105)49(34-90)86-66(107)54(38(6)91)88-56(97)40(71)18-11-13-26-69)62(103)81-43(21-23-50(72)92)60(101)85-48(33-89)57(98)76-32-51(93)78-47(31-39-16-9-8-10-17-39)63(104)80-42(20-15-28-75-68(73)74)59(100)79-41(19-12-14-27-70)58(99)82-44(25-29-110-7)61(102)83-45(67(108)109)22-24-52(94)95/h8-10,16-17,35-38,40-49,53-54,89-91H,11-15,18-34,69-71H2,1-7H3,(H2,72,92)(H,76,98)(H,77,105)(H,78,93)(H,79,100)(H,80,104)(H,81,103)(H,82,99)(H,83,102)(H,84,106)(H,85,101)(H,86,107)(H,87,96)(H,88,97)(H,94,95)(H,108,109)(H4,73,74,75)/t37-,38+,40-,41-,42-,43-,44-,45-,46-,47-,48-,49-,53-,54-/m0/s1. The molecule has 41 nitrogen and oxygen atoms in total. The number of hydrogen-bond donors (Lipinski definition) is 24. The molecule has 1 rings (SSSR count). The van der Waals surface area contributed by atoms with E-state index in [9.17, 15) is 97.1 Å². The Balaban J connectivity index is 3.46. The number of aliphatic imine (C=N–C) groups is 1. The minimum absolute atomic E-state index is 0.0247. The zero-order chi connectivity index (χ0) is 83.3. The van der Waals surface area contributed by atoms with E-state index in [1.807, 2.05) is 0 Å². The number of carbonyl (C=O) groups excluding carboxylic acids is 14. The van der Waals surface area contributed by atoms with Gasteiger partial charge < -0.3 is 129 Å². The number of rotatable bonds is 56. The second-order valence-corrected chi connectivity index (χ2v) is 27.9. The van der Waals surface area contributed by atoms with Crippen molar-refractivity contribution in [2.75, 3.05) is 51.4 Å². The van der Waals surface area contributed by atoms with Crippen molar-refractivity contribution in [1.29, 1.82) is 0 Å². The Kier molecular flexibility index (Phi) is 47.3. The van der Waals surface area contributed by atoms with Gasteiger partial charge in [0.05, 0.1) is 31.9 Å². The molecule has 0 aliphatic rings. The molecule has 14 atom stereocenters. The minimum Gasteiger partial charge on any atom is -0.481 e. The van der Waals surface area contributed by atoms with Crippen LogP contribution in [0, 0.1) is 11.8 Å². The van der Waals surface area contributed by atoms with Gasteiger partial charge in [-0.1, -0.05) is 64.4 Å². The number of unbranched alkanes of at least 4 members (excludes halogenated alkanes) is 2. The smallest absolute Gasteiger partial charge is 0.326 e. The number of carbonyl (C=O) groups is 16. The summed E-state index contributed by atoms with van der Waals surface area (Å²) >= 11 is 1.30. The quantitative estimate of drug-likeness (QED) is 0.0164. The summed E-state index contributed by atoms with van der Waals surface area (Å²) in [7, 11) is 0. The monoisotopic (exact) mass is 1580 g/mol. The largest absolute Gasteiger partial charge is 0.481 e.